The lowest BCUT2D eigenvalue weighted by Crippen LogP contribution is -2.49. The van der Waals surface area contributed by atoms with E-state index >= 15 is 0 Å². The highest BCUT2D eigenvalue weighted by molar-refractivity contribution is 5.67. The fourth-order valence-electron chi connectivity index (χ4n) is 2.33. The average molecular weight is 228 g/mol. The molecular weight excluding hydrogens is 204 g/mol. The lowest BCUT2D eigenvalue weighted by atomic mass is 9.88. The maximum absolute atomic E-state index is 10.7. The maximum atomic E-state index is 10.7. The van der Waals surface area contributed by atoms with E-state index in [2.05, 4.69) is 16.7 Å². The molecule has 0 atom stereocenters. The van der Waals surface area contributed by atoms with Crippen molar-refractivity contribution in [1.29, 1.82) is 0 Å². The van der Waals surface area contributed by atoms with Gasteiger partial charge in [0, 0.05) is 32.7 Å². The van der Waals surface area contributed by atoms with Gasteiger partial charge in [-0.2, -0.15) is 0 Å². The number of carboxylic acid groups (broad SMARTS) is 1. The Morgan fingerprint density at radius 3 is 2.12 bits per heavy atom. The molecule has 1 saturated heterocycles. The summed E-state index contributed by atoms with van der Waals surface area (Å²) in [4.78, 5) is 15.5. The standard InChI is InChI=1S/C12H24N2O2/c1-4-13-5-7-14(8-6-13)10-12(2,3)9-11(15)16/h4-10H2,1-3H3,(H,15,16). The van der Waals surface area contributed by atoms with Crippen LogP contribution in [0.2, 0.25) is 0 Å². The molecule has 0 aromatic heterocycles. The number of nitrogens with zero attached hydrogens (tertiary/aromatic N) is 2. The van der Waals surface area contributed by atoms with Gasteiger partial charge in [-0.05, 0) is 12.0 Å². The van der Waals surface area contributed by atoms with Crippen molar-refractivity contribution in [2.45, 2.75) is 27.2 Å². The first kappa shape index (κ1) is 13.5. The number of hydrogen-bond acceptors (Lipinski definition) is 3. The topological polar surface area (TPSA) is 43.8 Å². The summed E-state index contributed by atoms with van der Waals surface area (Å²) in [6.07, 6.45) is 0.251. The van der Waals surface area contributed by atoms with E-state index in [1.807, 2.05) is 13.8 Å². The summed E-state index contributed by atoms with van der Waals surface area (Å²) < 4.78 is 0. The molecule has 1 heterocycles. The largest absolute Gasteiger partial charge is 0.481 e. The third-order valence-electron chi connectivity index (χ3n) is 3.19. The van der Waals surface area contributed by atoms with Gasteiger partial charge in [0.1, 0.15) is 0 Å². The second-order valence-electron chi connectivity index (χ2n) is 5.45. The molecule has 94 valence electrons. The second kappa shape index (κ2) is 5.64. The van der Waals surface area contributed by atoms with Gasteiger partial charge in [0.25, 0.3) is 0 Å². The van der Waals surface area contributed by atoms with Crippen LogP contribution in [-0.2, 0) is 4.79 Å². The van der Waals surface area contributed by atoms with Gasteiger partial charge in [-0.1, -0.05) is 20.8 Å². The highest BCUT2D eigenvalue weighted by Crippen LogP contribution is 2.22. The summed E-state index contributed by atoms with van der Waals surface area (Å²) in [5.74, 6) is -0.697. The minimum Gasteiger partial charge on any atom is -0.481 e. The smallest absolute Gasteiger partial charge is 0.303 e. The number of hydrogen-bond donors (Lipinski definition) is 1. The van der Waals surface area contributed by atoms with Crippen molar-refractivity contribution >= 4 is 5.97 Å². The molecule has 1 aliphatic rings. The Hall–Kier alpha value is -0.610. The van der Waals surface area contributed by atoms with Crippen LogP contribution < -0.4 is 0 Å². The summed E-state index contributed by atoms with van der Waals surface area (Å²) in [5, 5.41) is 8.83. The molecule has 4 nitrogen and oxygen atoms in total. The van der Waals surface area contributed by atoms with Crippen molar-refractivity contribution in [3.8, 4) is 0 Å². The van der Waals surface area contributed by atoms with E-state index in [0.717, 1.165) is 39.3 Å². The van der Waals surface area contributed by atoms with Gasteiger partial charge in [0.15, 0.2) is 0 Å². The number of carboxylic acids is 1. The van der Waals surface area contributed by atoms with Crippen LogP contribution in [0.15, 0.2) is 0 Å². The van der Waals surface area contributed by atoms with Crippen LogP contribution in [-0.4, -0.2) is 60.1 Å². The van der Waals surface area contributed by atoms with Crippen molar-refractivity contribution < 1.29 is 9.90 Å². The van der Waals surface area contributed by atoms with E-state index < -0.39 is 5.97 Å². The summed E-state index contributed by atoms with van der Waals surface area (Å²) in [6.45, 7) is 12.6. The Labute approximate surface area is 98.2 Å². The van der Waals surface area contributed by atoms with Crippen molar-refractivity contribution in [3.63, 3.8) is 0 Å². The van der Waals surface area contributed by atoms with Gasteiger partial charge < -0.3 is 14.9 Å². The molecule has 0 bridgehead atoms. The van der Waals surface area contributed by atoms with Crippen molar-refractivity contribution in [2.24, 2.45) is 5.41 Å². The number of aliphatic carboxylic acids is 1. The molecule has 4 heteroatoms. The van der Waals surface area contributed by atoms with Crippen LogP contribution in [0.1, 0.15) is 27.2 Å². The van der Waals surface area contributed by atoms with Crippen LogP contribution in [0, 0.1) is 5.41 Å². The molecule has 0 radical (unpaired) electrons. The van der Waals surface area contributed by atoms with E-state index in [0.29, 0.717) is 0 Å². The lowest BCUT2D eigenvalue weighted by molar-refractivity contribution is -0.139. The average Bonchev–Trinajstić information content (AvgIpc) is 2.16. The first-order valence-corrected chi connectivity index (χ1v) is 6.09. The normalized spacial score (nSPS) is 19.9. The third kappa shape index (κ3) is 4.49. The highest BCUT2D eigenvalue weighted by Gasteiger charge is 2.26. The molecule has 0 amide bonds. The van der Waals surface area contributed by atoms with Gasteiger partial charge in [-0.15, -0.1) is 0 Å². The molecular formula is C12H24N2O2. The number of carbonyl (C=O) groups is 1. The SMILES string of the molecule is CCN1CCN(CC(C)(C)CC(=O)O)CC1. The number of piperazine rings is 1. The summed E-state index contributed by atoms with van der Waals surface area (Å²) >= 11 is 0. The number of rotatable bonds is 5. The van der Waals surface area contributed by atoms with E-state index in [4.69, 9.17) is 5.11 Å². The monoisotopic (exact) mass is 228 g/mol. The minimum atomic E-state index is -0.697. The summed E-state index contributed by atoms with van der Waals surface area (Å²) in [7, 11) is 0. The Kier molecular flexibility index (Phi) is 4.74. The van der Waals surface area contributed by atoms with Crippen LogP contribution >= 0.6 is 0 Å². The van der Waals surface area contributed by atoms with Crippen LogP contribution in [0.3, 0.4) is 0 Å². The van der Waals surface area contributed by atoms with Gasteiger partial charge in [0.2, 0.25) is 0 Å². The Morgan fingerprint density at radius 1 is 1.19 bits per heavy atom. The fraction of sp³-hybridized carbons (Fsp3) is 0.917. The molecule has 0 aliphatic carbocycles. The lowest BCUT2D eigenvalue weighted by Gasteiger charge is -2.38. The minimum absolute atomic E-state index is 0.125. The molecule has 0 aromatic carbocycles. The van der Waals surface area contributed by atoms with E-state index in [1.165, 1.54) is 0 Å². The Bertz CT molecular complexity index is 233. The van der Waals surface area contributed by atoms with E-state index in [9.17, 15) is 4.79 Å². The second-order valence-corrected chi connectivity index (χ2v) is 5.45. The summed E-state index contributed by atoms with van der Waals surface area (Å²) in [6, 6.07) is 0. The zero-order valence-corrected chi connectivity index (χ0v) is 10.7. The zero-order valence-electron chi connectivity index (χ0n) is 10.7. The molecule has 1 rings (SSSR count). The summed E-state index contributed by atoms with van der Waals surface area (Å²) in [5.41, 5.74) is -0.125. The maximum Gasteiger partial charge on any atom is 0.303 e. The molecule has 1 N–H and O–H groups in total. The van der Waals surface area contributed by atoms with E-state index in [1.54, 1.807) is 0 Å². The molecule has 0 spiro atoms. The predicted octanol–water partition coefficient (Wildman–Crippen LogP) is 1.12. The number of likely N-dealkylation sites (N-methyl/N-ethyl adjacent to an activating group) is 1. The van der Waals surface area contributed by atoms with Crippen molar-refractivity contribution in [1.82, 2.24) is 9.80 Å². The molecule has 16 heavy (non-hydrogen) atoms. The quantitative estimate of drug-likeness (QED) is 0.766. The third-order valence-corrected chi connectivity index (χ3v) is 3.19. The van der Waals surface area contributed by atoms with Crippen molar-refractivity contribution in [3.05, 3.63) is 0 Å². The predicted molar refractivity (Wildman–Crippen MR) is 64.6 cm³/mol. The highest BCUT2D eigenvalue weighted by atomic mass is 16.4. The molecule has 1 fully saturated rings. The first-order chi connectivity index (χ1) is 7.43. The van der Waals surface area contributed by atoms with Gasteiger partial charge in [-0.25, -0.2) is 0 Å². The van der Waals surface area contributed by atoms with Crippen molar-refractivity contribution in [2.75, 3.05) is 39.3 Å². The zero-order chi connectivity index (χ0) is 12.2. The van der Waals surface area contributed by atoms with Crippen LogP contribution in [0.5, 0.6) is 0 Å². The molecule has 0 unspecified atom stereocenters. The molecule has 0 saturated carbocycles. The Balaban J connectivity index is 2.35. The Morgan fingerprint density at radius 2 is 1.69 bits per heavy atom. The van der Waals surface area contributed by atoms with Crippen LogP contribution in [0.25, 0.3) is 0 Å². The fourth-order valence-corrected chi connectivity index (χ4v) is 2.33. The van der Waals surface area contributed by atoms with E-state index in [-0.39, 0.29) is 11.8 Å². The first-order valence-electron chi connectivity index (χ1n) is 6.09. The molecule has 0 aromatic rings. The van der Waals surface area contributed by atoms with Gasteiger partial charge in [0.05, 0.1) is 6.42 Å². The van der Waals surface area contributed by atoms with Crippen LogP contribution in [0.4, 0.5) is 0 Å². The van der Waals surface area contributed by atoms with Gasteiger partial charge in [-0.3, -0.25) is 4.79 Å². The molecule has 1 aliphatic heterocycles. The van der Waals surface area contributed by atoms with Gasteiger partial charge >= 0.3 is 5.97 Å².